The summed E-state index contributed by atoms with van der Waals surface area (Å²) in [5.41, 5.74) is 2.45. The summed E-state index contributed by atoms with van der Waals surface area (Å²) in [5.74, 6) is -1.42. The molecule has 36 heavy (non-hydrogen) atoms. The van der Waals surface area contributed by atoms with E-state index in [-0.39, 0.29) is 22.8 Å². The van der Waals surface area contributed by atoms with Crippen molar-refractivity contribution in [3.8, 4) is 17.2 Å². The number of pyridine rings is 1. The molecule has 8 nitrogen and oxygen atoms in total. The first-order chi connectivity index (χ1) is 17.0. The van der Waals surface area contributed by atoms with Crippen LogP contribution in [0.3, 0.4) is 0 Å². The predicted octanol–water partition coefficient (Wildman–Crippen LogP) is 4.84. The molecule has 4 rings (SSSR count). The Hall–Kier alpha value is -3.30. The molecule has 2 N–H and O–H groups in total. The van der Waals surface area contributed by atoms with Crippen LogP contribution in [0.5, 0.6) is 0 Å². The van der Waals surface area contributed by atoms with Crippen molar-refractivity contribution in [2.45, 2.75) is 12.5 Å². The molecular weight excluding hydrogens is 533 g/mol. The minimum absolute atomic E-state index is 0.0371. The summed E-state index contributed by atoms with van der Waals surface area (Å²) in [7, 11) is -2.04. The molecule has 2 aromatic heterocycles. The lowest BCUT2D eigenvalue weighted by Gasteiger charge is -2.19. The van der Waals surface area contributed by atoms with Crippen LogP contribution < -0.4 is 9.56 Å². The molecule has 0 spiro atoms. The summed E-state index contributed by atoms with van der Waals surface area (Å²) in [5, 5.41) is 14.4. The fraction of sp³-hybridized carbons (Fsp3) is 0.174. The van der Waals surface area contributed by atoms with E-state index in [4.69, 9.17) is 23.4 Å². The maximum atomic E-state index is 13.8. The van der Waals surface area contributed by atoms with Crippen molar-refractivity contribution in [3.63, 3.8) is 0 Å². The molecule has 0 amide bonds. The van der Waals surface area contributed by atoms with Crippen LogP contribution in [0, 0.1) is 23.0 Å². The molecule has 0 unspecified atom stereocenters. The highest BCUT2D eigenvalue weighted by atomic mass is 35.5. The molecular formula is C23H18Cl2F2N6O2S. The number of halogens is 4. The van der Waals surface area contributed by atoms with Gasteiger partial charge in [0.15, 0.2) is 5.82 Å². The minimum Gasteiger partial charge on any atom is -0.266 e. The molecule has 0 fully saturated rings. The Morgan fingerprint density at radius 3 is 2.47 bits per heavy atom. The van der Waals surface area contributed by atoms with Gasteiger partial charge in [0.2, 0.25) is 10.0 Å². The van der Waals surface area contributed by atoms with Gasteiger partial charge in [0, 0.05) is 30.4 Å². The smallest absolute Gasteiger partial charge is 0.231 e. The first-order valence-corrected chi connectivity index (χ1v) is 13.0. The molecule has 2 heterocycles. The molecule has 4 aromatic rings. The Morgan fingerprint density at radius 1 is 1.17 bits per heavy atom. The summed E-state index contributed by atoms with van der Waals surface area (Å²) in [4.78, 5) is 7.04. The van der Waals surface area contributed by atoms with E-state index in [2.05, 4.69) is 19.6 Å². The zero-order valence-electron chi connectivity index (χ0n) is 18.9. The monoisotopic (exact) mass is 550 g/mol. The fourth-order valence-corrected chi connectivity index (χ4v) is 4.94. The van der Waals surface area contributed by atoms with Crippen molar-refractivity contribution in [2.75, 3.05) is 11.0 Å². The maximum absolute atomic E-state index is 13.8. The van der Waals surface area contributed by atoms with Crippen molar-refractivity contribution in [1.29, 1.82) is 5.26 Å². The Kier molecular flexibility index (Phi) is 7.15. The molecule has 0 aliphatic heterocycles. The number of rotatable bonds is 7. The Balaban J connectivity index is 1.93. The van der Waals surface area contributed by atoms with Crippen LogP contribution in [0.4, 0.5) is 14.6 Å². The number of benzene rings is 2. The summed E-state index contributed by atoms with van der Waals surface area (Å²) in [6.07, 6.45) is 2.43. The topological polar surface area (TPSA) is 113 Å². The zero-order valence-corrected chi connectivity index (χ0v) is 21.2. The van der Waals surface area contributed by atoms with E-state index in [1.165, 1.54) is 23.0 Å². The van der Waals surface area contributed by atoms with Gasteiger partial charge in [-0.05, 0) is 48.0 Å². The van der Waals surface area contributed by atoms with Crippen molar-refractivity contribution in [3.05, 3.63) is 76.1 Å². The number of nitrogens with zero attached hydrogens (tertiary/aromatic N) is 4. The number of fused-ring (bicyclic) bond motifs is 1. The third-order valence-electron chi connectivity index (χ3n) is 5.38. The number of nitriles is 1. The van der Waals surface area contributed by atoms with Gasteiger partial charge in [0.25, 0.3) is 0 Å². The van der Waals surface area contributed by atoms with E-state index in [0.29, 0.717) is 33.3 Å². The van der Waals surface area contributed by atoms with Gasteiger partial charge in [-0.15, -0.1) is 0 Å². The van der Waals surface area contributed by atoms with Crippen LogP contribution in [0.1, 0.15) is 22.9 Å². The second-order valence-corrected chi connectivity index (χ2v) is 10.5. The third-order valence-corrected chi connectivity index (χ3v) is 6.52. The Bertz CT molecular complexity index is 1620. The number of aryl methyl sites for hydroxylation is 1. The number of hydrogen-bond donors (Lipinski definition) is 2. The van der Waals surface area contributed by atoms with E-state index in [9.17, 15) is 22.5 Å². The summed E-state index contributed by atoms with van der Waals surface area (Å²) >= 11 is 12.5. The molecule has 0 saturated heterocycles. The van der Waals surface area contributed by atoms with Crippen LogP contribution in [-0.4, -0.2) is 29.4 Å². The minimum atomic E-state index is -3.66. The van der Waals surface area contributed by atoms with Crippen LogP contribution in [0.2, 0.25) is 5.02 Å². The normalized spacial score (nSPS) is 12.5. The fourth-order valence-electron chi connectivity index (χ4n) is 4.02. The Morgan fingerprint density at radius 2 is 1.86 bits per heavy atom. The van der Waals surface area contributed by atoms with Gasteiger partial charge >= 0.3 is 0 Å². The number of nitrogens with one attached hydrogen (secondary N) is 2. The van der Waals surface area contributed by atoms with Gasteiger partial charge in [0.1, 0.15) is 17.7 Å². The third kappa shape index (κ3) is 5.27. The molecule has 0 saturated carbocycles. The van der Waals surface area contributed by atoms with Gasteiger partial charge in [-0.3, -0.25) is 14.4 Å². The van der Waals surface area contributed by atoms with E-state index in [1.807, 2.05) is 6.07 Å². The molecule has 13 heteroatoms. The highest BCUT2D eigenvalue weighted by molar-refractivity contribution is 7.92. The number of anilines is 1. The SMILES string of the molecule is Cn1nc(NS(C)(=O)=O)c2c(Cl)ccc(-c3cc(C#N)cnc3[C@H](Cc3cc(F)cc(F)c3)NCl)c21. The van der Waals surface area contributed by atoms with Crippen molar-refractivity contribution in [2.24, 2.45) is 7.05 Å². The van der Waals surface area contributed by atoms with Crippen molar-refractivity contribution >= 4 is 50.1 Å². The lowest BCUT2D eigenvalue weighted by Crippen LogP contribution is -2.17. The van der Waals surface area contributed by atoms with Crippen LogP contribution >= 0.6 is 23.4 Å². The molecule has 0 aliphatic carbocycles. The van der Waals surface area contributed by atoms with Crippen LogP contribution in [0.15, 0.2) is 42.6 Å². The lowest BCUT2D eigenvalue weighted by molar-refractivity contribution is 0.572. The van der Waals surface area contributed by atoms with Gasteiger partial charge in [0.05, 0.1) is 39.5 Å². The van der Waals surface area contributed by atoms with Crippen LogP contribution in [-0.2, 0) is 23.5 Å². The zero-order chi connectivity index (χ0) is 26.2. The molecule has 1 atom stereocenters. The molecule has 0 bridgehead atoms. The van der Waals surface area contributed by atoms with E-state index in [0.717, 1.165) is 12.3 Å². The summed E-state index contributed by atoms with van der Waals surface area (Å²) in [6.45, 7) is 0. The average molecular weight is 551 g/mol. The summed E-state index contributed by atoms with van der Waals surface area (Å²) < 4.78 is 55.2. The number of hydrogen-bond acceptors (Lipinski definition) is 6. The standard InChI is InChI=1S/C23H18Cl2F2N6O2S/c1-33-22-16(3-4-18(24)20(22)23(31-33)32-36(2,34)35)17-7-13(10-28)11-29-21(17)19(30-25)8-12-5-14(26)9-15(27)6-12/h3-7,9,11,19,30H,8H2,1-2H3,(H,31,32)/t19-/m0/s1. The second kappa shape index (κ2) is 9.99. The number of sulfonamides is 1. The molecule has 186 valence electrons. The van der Waals surface area contributed by atoms with E-state index >= 15 is 0 Å². The average Bonchev–Trinajstić information content (AvgIpc) is 3.12. The largest absolute Gasteiger partial charge is 0.266 e. The second-order valence-electron chi connectivity index (χ2n) is 8.08. The Labute approximate surface area is 215 Å². The quantitative estimate of drug-likeness (QED) is 0.318. The van der Waals surface area contributed by atoms with Crippen molar-refractivity contribution < 1.29 is 17.2 Å². The van der Waals surface area contributed by atoms with Gasteiger partial charge in [-0.2, -0.15) is 10.4 Å². The highest BCUT2D eigenvalue weighted by Crippen LogP contribution is 2.40. The van der Waals surface area contributed by atoms with Crippen molar-refractivity contribution in [1.82, 2.24) is 19.6 Å². The highest BCUT2D eigenvalue weighted by Gasteiger charge is 2.24. The van der Waals surface area contributed by atoms with E-state index in [1.54, 1.807) is 25.2 Å². The van der Waals surface area contributed by atoms with Gasteiger partial charge < -0.3 is 0 Å². The van der Waals surface area contributed by atoms with Crippen LogP contribution in [0.25, 0.3) is 22.0 Å². The predicted molar refractivity (Wildman–Crippen MR) is 134 cm³/mol. The van der Waals surface area contributed by atoms with Gasteiger partial charge in [-0.25, -0.2) is 22.0 Å². The molecule has 2 aromatic carbocycles. The maximum Gasteiger partial charge on any atom is 0.231 e. The lowest BCUT2D eigenvalue weighted by atomic mass is 9.94. The first kappa shape index (κ1) is 25.8. The molecule has 0 radical (unpaired) electrons. The van der Waals surface area contributed by atoms with Gasteiger partial charge in [-0.1, -0.05) is 17.7 Å². The van der Waals surface area contributed by atoms with E-state index < -0.39 is 27.7 Å². The number of aromatic nitrogens is 3. The first-order valence-electron chi connectivity index (χ1n) is 10.3. The summed E-state index contributed by atoms with van der Waals surface area (Å²) in [6, 6.07) is 9.33. The molecule has 0 aliphatic rings.